The Kier molecular flexibility index (Phi) is 6.46. The maximum absolute atomic E-state index is 12.4. The topological polar surface area (TPSA) is 67.9 Å². The summed E-state index contributed by atoms with van der Waals surface area (Å²) in [6, 6.07) is 0. The van der Waals surface area contributed by atoms with Crippen LogP contribution in [0.2, 0.25) is 0 Å². The maximum atomic E-state index is 12.4. The summed E-state index contributed by atoms with van der Waals surface area (Å²) in [5.74, 6) is 0.793. The molecular formula is C15H29N3O2. The number of guanidine groups is 1. The van der Waals surface area contributed by atoms with E-state index in [4.69, 9.17) is 10.5 Å². The van der Waals surface area contributed by atoms with Crippen LogP contribution in [0.3, 0.4) is 0 Å². The first-order valence-corrected chi connectivity index (χ1v) is 7.65. The fourth-order valence-electron chi connectivity index (χ4n) is 2.57. The zero-order valence-corrected chi connectivity index (χ0v) is 13.3. The summed E-state index contributed by atoms with van der Waals surface area (Å²) in [5.41, 5.74) is 5.22. The van der Waals surface area contributed by atoms with Crippen molar-refractivity contribution in [2.75, 3.05) is 19.8 Å². The first kappa shape index (κ1) is 17.0. The highest BCUT2D eigenvalue weighted by Crippen LogP contribution is 2.28. The molecule has 116 valence electrons. The fraction of sp³-hybridized carbons (Fsp3) is 0.867. The zero-order chi connectivity index (χ0) is 15.2. The zero-order valence-electron chi connectivity index (χ0n) is 13.3. The van der Waals surface area contributed by atoms with Gasteiger partial charge in [0.2, 0.25) is 0 Å². The monoisotopic (exact) mass is 283 g/mol. The minimum absolute atomic E-state index is 0.0252. The molecule has 0 saturated heterocycles. The number of nitrogens with two attached hydrogens (primary N) is 1. The molecule has 0 aromatic rings. The van der Waals surface area contributed by atoms with Gasteiger partial charge in [-0.15, -0.1) is 0 Å². The molecule has 0 aliphatic carbocycles. The van der Waals surface area contributed by atoms with E-state index in [9.17, 15) is 4.79 Å². The van der Waals surface area contributed by atoms with Gasteiger partial charge >= 0.3 is 0 Å². The first-order chi connectivity index (χ1) is 9.40. The standard InChI is InChI=1S/C15H29N3O2/c1-5-6-9-20-10-7-8-18-13(19)15(4,11-12(2)3)17-14(18)16/h12H,5-11H2,1-4H3,(H2,16,17). The smallest absolute Gasteiger partial charge is 0.257 e. The molecule has 1 aliphatic rings. The maximum Gasteiger partial charge on any atom is 0.257 e. The average molecular weight is 283 g/mol. The Balaban J connectivity index is 2.41. The lowest BCUT2D eigenvalue weighted by atomic mass is 9.91. The predicted molar refractivity (Wildman–Crippen MR) is 81.5 cm³/mol. The molecule has 0 spiro atoms. The highest BCUT2D eigenvalue weighted by atomic mass is 16.5. The summed E-state index contributed by atoms with van der Waals surface area (Å²) >= 11 is 0. The molecule has 0 aromatic heterocycles. The number of rotatable bonds is 9. The minimum Gasteiger partial charge on any atom is -0.381 e. The Labute approximate surface area is 122 Å². The number of unbranched alkanes of at least 4 members (excludes halogenated alkanes) is 1. The number of hydrogen-bond acceptors (Lipinski definition) is 4. The number of nitrogens with zero attached hydrogens (tertiary/aromatic N) is 2. The first-order valence-electron chi connectivity index (χ1n) is 7.65. The molecule has 0 fully saturated rings. The third-order valence-electron chi connectivity index (χ3n) is 3.46. The van der Waals surface area contributed by atoms with Gasteiger partial charge in [0.05, 0.1) is 0 Å². The number of aliphatic imine (C=N–C) groups is 1. The van der Waals surface area contributed by atoms with Gasteiger partial charge in [0.15, 0.2) is 5.96 Å². The van der Waals surface area contributed by atoms with Crippen LogP contribution in [-0.2, 0) is 9.53 Å². The van der Waals surface area contributed by atoms with E-state index in [1.807, 2.05) is 6.92 Å². The van der Waals surface area contributed by atoms with Crippen molar-refractivity contribution in [3.8, 4) is 0 Å². The number of carbonyl (C=O) groups is 1. The lowest BCUT2D eigenvalue weighted by Gasteiger charge is -2.23. The lowest BCUT2D eigenvalue weighted by molar-refractivity contribution is -0.131. The average Bonchev–Trinajstić information content (AvgIpc) is 2.55. The van der Waals surface area contributed by atoms with E-state index in [0.29, 0.717) is 25.0 Å². The van der Waals surface area contributed by atoms with E-state index in [0.717, 1.165) is 32.3 Å². The summed E-state index contributed by atoms with van der Waals surface area (Å²) in [7, 11) is 0. The Bertz CT molecular complexity index is 355. The molecule has 1 amide bonds. The van der Waals surface area contributed by atoms with Crippen molar-refractivity contribution in [2.24, 2.45) is 16.6 Å². The van der Waals surface area contributed by atoms with E-state index in [-0.39, 0.29) is 5.91 Å². The van der Waals surface area contributed by atoms with Crippen LogP contribution in [0.4, 0.5) is 0 Å². The molecule has 20 heavy (non-hydrogen) atoms. The molecule has 0 radical (unpaired) electrons. The Morgan fingerprint density at radius 1 is 1.35 bits per heavy atom. The lowest BCUT2D eigenvalue weighted by Crippen LogP contribution is -2.44. The number of hydrogen-bond donors (Lipinski definition) is 1. The van der Waals surface area contributed by atoms with Gasteiger partial charge in [-0.2, -0.15) is 0 Å². The molecule has 1 heterocycles. The Morgan fingerprint density at radius 2 is 2.00 bits per heavy atom. The van der Waals surface area contributed by atoms with Crippen molar-refractivity contribution in [3.63, 3.8) is 0 Å². The number of ether oxygens (including phenoxy) is 1. The highest BCUT2D eigenvalue weighted by Gasteiger charge is 2.43. The van der Waals surface area contributed by atoms with E-state index < -0.39 is 5.54 Å². The second-order valence-corrected chi connectivity index (χ2v) is 6.12. The molecule has 2 N–H and O–H groups in total. The van der Waals surface area contributed by atoms with Crippen molar-refractivity contribution >= 4 is 11.9 Å². The molecular weight excluding hydrogens is 254 g/mol. The summed E-state index contributed by atoms with van der Waals surface area (Å²) in [4.78, 5) is 18.4. The van der Waals surface area contributed by atoms with Crippen LogP contribution in [0.5, 0.6) is 0 Å². The second-order valence-electron chi connectivity index (χ2n) is 6.12. The normalized spacial score (nSPS) is 22.8. The van der Waals surface area contributed by atoms with Gasteiger partial charge in [-0.25, -0.2) is 4.99 Å². The van der Waals surface area contributed by atoms with Crippen LogP contribution in [-0.4, -0.2) is 42.1 Å². The van der Waals surface area contributed by atoms with Gasteiger partial charge in [-0.1, -0.05) is 27.2 Å². The van der Waals surface area contributed by atoms with E-state index in [2.05, 4.69) is 25.8 Å². The van der Waals surface area contributed by atoms with E-state index in [1.54, 1.807) is 4.90 Å². The van der Waals surface area contributed by atoms with Gasteiger partial charge in [0.1, 0.15) is 5.54 Å². The Hall–Kier alpha value is -1.10. The van der Waals surface area contributed by atoms with Crippen molar-refractivity contribution in [1.82, 2.24) is 4.90 Å². The van der Waals surface area contributed by atoms with Gasteiger partial charge in [0.25, 0.3) is 5.91 Å². The molecule has 1 atom stereocenters. The van der Waals surface area contributed by atoms with Gasteiger partial charge in [-0.3, -0.25) is 9.69 Å². The third kappa shape index (κ3) is 4.47. The molecule has 0 bridgehead atoms. The van der Waals surface area contributed by atoms with Gasteiger partial charge < -0.3 is 10.5 Å². The van der Waals surface area contributed by atoms with Crippen LogP contribution in [0.1, 0.15) is 53.4 Å². The van der Waals surface area contributed by atoms with Crippen LogP contribution >= 0.6 is 0 Å². The summed E-state index contributed by atoms with van der Waals surface area (Å²) in [6.45, 7) is 10.2. The van der Waals surface area contributed by atoms with E-state index in [1.165, 1.54) is 0 Å². The molecule has 0 aromatic carbocycles. The molecule has 5 nitrogen and oxygen atoms in total. The second kappa shape index (κ2) is 7.62. The van der Waals surface area contributed by atoms with Crippen molar-refractivity contribution in [3.05, 3.63) is 0 Å². The van der Waals surface area contributed by atoms with Crippen LogP contribution in [0.15, 0.2) is 4.99 Å². The molecule has 0 saturated carbocycles. The van der Waals surface area contributed by atoms with Crippen molar-refractivity contribution in [2.45, 2.75) is 58.9 Å². The predicted octanol–water partition coefficient (Wildman–Crippen LogP) is 2.15. The summed E-state index contributed by atoms with van der Waals surface area (Å²) < 4.78 is 5.50. The van der Waals surface area contributed by atoms with Crippen LogP contribution in [0.25, 0.3) is 0 Å². The van der Waals surface area contributed by atoms with Gasteiger partial charge in [0, 0.05) is 19.8 Å². The minimum atomic E-state index is -0.679. The molecule has 5 heteroatoms. The van der Waals surface area contributed by atoms with Crippen molar-refractivity contribution in [1.29, 1.82) is 0 Å². The third-order valence-corrected chi connectivity index (χ3v) is 3.46. The summed E-state index contributed by atoms with van der Waals surface area (Å²) in [5, 5.41) is 0. The highest BCUT2D eigenvalue weighted by molar-refractivity contribution is 6.06. The van der Waals surface area contributed by atoms with Crippen LogP contribution < -0.4 is 5.73 Å². The SMILES string of the molecule is CCCCOCCCN1C(=O)C(C)(CC(C)C)N=C1N. The largest absolute Gasteiger partial charge is 0.381 e. The van der Waals surface area contributed by atoms with E-state index >= 15 is 0 Å². The fourth-order valence-corrected chi connectivity index (χ4v) is 2.57. The Morgan fingerprint density at radius 3 is 2.60 bits per heavy atom. The number of amides is 1. The van der Waals surface area contributed by atoms with Crippen LogP contribution in [0, 0.1) is 5.92 Å². The quantitative estimate of drug-likeness (QED) is 0.659. The van der Waals surface area contributed by atoms with Crippen molar-refractivity contribution < 1.29 is 9.53 Å². The number of carbonyl (C=O) groups excluding carboxylic acids is 1. The molecule has 1 rings (SSSR count). The summed E-state index contributed by atoms with van der Waals surface area (Å²) in [6.07, 6.45) is 3.75. The molecule has 1 aliphatic heterocycles. The van der Waals surface area contributed by atoms with Gasteiger partial charge in [-0.05, 0) is 32.1 Å². The molecule has 1 unspecified atom stereocenters.